The van der Waals surface area contributed by atoms with E-state index < -0.39 is 5.92 Å². The summed E-state index contributed by atoms with van der Waals surface area (Å²) < 4.78 is 10.9. The van der Waals surface area contributed by atoms with Gasteiger partial charge in [0, 0.05) is 24.0 Å². The lowest BCUT2D eigenvalue weighted by Crippen LogP contribution is -2.29. The highest BCUT2D eigenvalue weighted by Gasteiger charge is 2.41. The summed E-state index contributed by atoms with van der Waals surface area (Å²) in [4.78, 5) is 12.9. The van der Waals surface area contributed by atoms with Crippen molar-refractivity contribution < 1.29 is 13.9 Å². The van der Waals surface area contributed by atoms with Crippen molar-refractivity contribution in [1.82, 2.24) is 0 Å². The molecule has 5 heteroatoms. The molecular weight excluding hydrogens is 316 g/mol. The lowest BCUT2D eigenvalue weighted by molar-refractivity contribution is -0.117. The topological polar surface area (TPSA) is 89.3 Å². The molecule has 0 amide bonds. The zero-order valence-electron chi connectivity index (χ0n) is 13.4. The first-order chi connectivity index (χ1) is 12.2. The fourth-order valence-corrected chi connectivity index (χ4v) is 3.64. The zero-order chi connectivity index (χ0) is 17.4. The van der Waals surface area contributed by atoms with E-state index in [-0.39, 0.29) is 23.2 Å². The predicted octanol–water partition coefficient (Wildman–Crippen LogP) is 3.49. The number of ketones is 1. The normalized spacial score (nSPS) is 23.1. The number of hydrogen-bond donors (Lipinski definition) is 1. The number of allylic oxidation sites excluding steroid dienone is 3. The maximum Gasteiger partial charge on any atom is 0.205 e. The summed E-state index contributed by atoms with van der Waals surface area (Å²) in [6.45, 7) is 0. The molecule has 1 aliphatic heterocycles. The van der Waals surface area contributed by atoms with Crippen LogP contribution in [0.3, 0.4) is 0 Å². The predicted molar refractivity (Wildman–Crippen MR) is 89.8 cm³/mol. The molecule has 2 heterocycles. The van der Waals surface area contributed by atoms with E-state index in [2.05, 4.69) is 6.07 Å². The summed E-state index contributed by atoms with van der Waals surface area (Å²) >= 11 is 0. The third-order valence-corrected chi connectivity index (χ3v) is 4.81. The summed E-state index contributed by atoms with van der Waals surface area (Å²) in [6, 6.07) is 13.7. The number of Topliss-reactive ketones (excluding diaryl/α,β-unsaturated/α-hetero) is 1. The Balaban J connectivity index is 1.78. The van der Waals surface area contributed by atoms with Gasteiger partial charge in [-0.05, 0) is 17.5 Å². The fraction of sp³-hybridized carbons (Fsp3) is 0.200. The molecule has 25 heavy (non-hydrogen) atoms. The minimum atomic E-state index is -0.517. The van der Waals surface area contributed by atoms with Crippen molar-refractivity contribution in [2.24, 2.45) is 5.73 Å². The van der Waals surface area contributed by atoms with Crippen LogP contribution >= 0.6 is 0 Å². The Labute approximate surface area is 145 Å². The Hall–Kier alpha value is -3.26. The molecule has 2 N–H and O–H groups in total. The number of ether oxygens (including phenoxy) is 1. The largest absolute Gasteiger partial charge is 0.472 e. The highest BCUT2D eigenvalue weighted by molar-refractivity contribution is 6.00. The summed E-state index contributed by atoms with van der Waals surface area (Å²) in [6.07, 6.45) is 4.04. The van der Waals surface area contributed by atoms with Crippen LogP contribution in [-0.2, 0) is 9.53 Å². The van der Waals surface area contributed by atoms with E-state index in [1.807, 2.05) is 30.3 Å². The van der Waals surface area contributed by atoms with Crippen LogP contribution in [-0.4, -0.2) is 5.78 Å². The number of nitriles is 1. The summed E-state index contributed by atoms with van der Waals surface area (Å²) in [5.41, 5.74) is 8.60. The van der Waals surface area contributed by atoms with Crippen LogP contribution in [0.25, 0.3) is 0 Å². The van der Waals surface area contributed by atoms with Crippen molar-refractivity contribution in [2.45, 2.75) is 24.7 Å². The molecule has 4 rings (SSSR count). The monoisotopic (exact) mass is 332 g/mol. The van der Waals surface area contributed by atoms with Crippen molar-refractivity contribution in [1.29, 1.82) is 5.26 Å². The van der Waals surface area contributed by atoms with Gasteiger partial charge in [0.25, 0.3) is 0 Å². The van der Waals surface area contributed by atoms with E-state index in [1.54, 1.807) is 12.3 Å². The maximum atomic E-state index is 12.9. The van der Waals surface area contributed by atoms with Gasteiger partial charge < -0.3 is 14.9 Å². The second-order valence-electron chi connectivity index (χ2n) is 6.26. The van der Waals surface area contributed by atoms with Gasteiger partial charge in [-0.1, -0.05) is 30.3 Å². The molecule has 1 aliphatic carbocycles. The van der Waals surface area contributed by atoms with Crippen molar-refractivity contribution in [3.63, 3.8) is 0 Å². The highest BCUT2D eigenvalue weighted by atomic mass is 16.5. The second-order valence-corrected chi connectivity index (χ2v) is 6.26. The fourth-order valence-electron chi connectivity index (χ4n) is 3.64. The SMILES string of the molecule is N#CC1=C(N)OC2=C(C(=O)C[C@@H](c3ccccc3)C2)[C@H]1c1ccoc1. The maximum absolute atomic E-state index is 12.9. The minimum Gasteiger partial charge on any atom is -0.472 e. The molecule has 0 saturated carbocycles. The average molecular weight is 332 g/mol. The van der Waals surface area contributed by atoms with E-state index in [9.17, 15) is 10.1 Å². The van der Waals surface area contributed by atoms with Crippen LogP contribution in [0.5, 0.6) is 0 Å². The first-order valence-corrected chi connectivity index (χ1v) is 8.10. The van der Waals surface area contributed by atoms with Gasteiger partial charge in [0.1, 0.15) is 17.4 Å². The van der Waals surface area contributed by atoms with E-state index in [0.717, 1.165) is 11.1 Å². The summed E-state index contributed by atoms with van der Waals surface area (Å²) in [5.74, 6) is 0.147. The number of carbonyl (C=O) groups excluding carboxylic acids is 1. The number of hydrogen-bond acceptors (Lipinski definition) is 5. The van der Waals surface area contributed by atoms with Crippen LogP contribution in [0.2, 0.25) is 0 Å². The number of carbonyl (C=O) groups is 1. The number of nitrogens with zero attached hydrogens (tertiary/aromatic N) is 1. The van der Waals surface area contributed by atoms with Crippen molar-refractivity contribution in [2.75, 3.05) is 0 Å². The zero-order valence-corrected chi connectivity index (χ0v) is 13.4. The van der Waals surface area contributed by atoms with E-state index in [0.29, 0.717) is 24.2 Å². The highest BCUT2D eigenvalue weighted by Crippen LogP contribution is 2.46. The Morgan fingerprint density at radius 1 is 1.12 bits per heavy atom. The third-order valence-electron chi connectivity index (χ3n) is 4.81. The van der Waals surface area contributed by atoms with Crippen LogP contribution in [0.4, 0.5) is 0 Å². The first kappa shape index (κ1) is 15.3. The lowest BCUT2D eigenvalue weighted by atomic mass is 9.74. The molecule has 5 nitrogen and oxygen atoms in total. The molecule has 0 radical (unpaired) electrons. The number of benzene rings is 1. The van der Waals surface area contributed by atoms with Crippen LogP contribution in [0, 0.1) is 11.3 Å². The summed E-state index contributed by atoms with van der Waals surface area (Å²) in [7, 11) is 0. The second kappa shape index (κ2) is 5.99. The van der Waals surface area contributed by atoms with Gasteiger partial charge in [-0.3, -0.25) is 4.79 Å². The Morgan fingerprint density at radius 2 is 1.92 bits per heavy atom. The van der Waals surface area contributed by atoms with Crippen molar-refractivity contribution in [3.8, 4) is 6.07 Å². The van der Waals surface area contributed by atoms with Gasteiger partial charge >= 0.3 is 0 Å². The molecule has 1 aromatic heterocycles. The minimum absolute atomic E-state index is 0.0125. The average Bonchev–Trinajstić information content (AvgIpc) is 3.15. The summed E-state index contributed by atoms with van der Waals surface area (Å²) in [5, 5.41) is 9.50. The molecule has 2 atom stereocenters. The van der Waals surface area contributed by atoms with Crippen molar-refractivity contribution in [3.05, 3.63) is 82.8 Å². The van der Waals surface area contributed by atoms with Crippen LogP contribution in [0.15, 0.2) is 76.1 Å². The molecule has 0 saturated heterocycles. The Bertz CT molecular complexity index is 918. The van der Waals surface area contributed by atoms with Crippen LogP contribution < -0.4 is 5.73 Å². The molecule has 1 aromatic carbocycles. The Morgan fingerprint density at radius 3 is 2.60 bits per heavy atom. The van der Waals surface area contributed by atoms with Gasteiger partial charge in [-0.25, -0.2) is 0 Å². The molecular formula is C20H16N2O3. The Kier molecular flexibility index (Phi) is 3.66. The van der Waals surface area contributed by atoms with Gasteiger partial charge in [-0.2, -0.15) is 5.26 Å². The van der Waals surface area contributed by atoms with E-state index in [1.165, 1.54) is 6.26 Å². The third kappa shape index (κ3) is 2.52. The molecule has 0 unspecified atom stereocenters. The standard InChI is InChI=1S/C20H16N2O3/c21-10-15-18(13-6-7-24-11-13)19-16(23)8-14(9-17(19)25-20(15)22)12-4-2-1-3-5-12/h1-7,11,14,18H,8-9,22H2/t14-,18+/m1/s1. The van der Waals surface area contributed by atoms with Gasteiger partial charge in [0.05, 0.1) is 18.4 Å². The van der Waals surface area contributed by atoms with Crippen molar-refractivity contribution >= 4 is 5.78 Å². The molecule has 0 bridgehead atoms. The molecule has 0 spiro atoms. The molecule has 2 aromatic rings. The first-order valence-electron chi connectivity index (χ1n) is 8.10. The lowest BCUT2D eigenvalue weighted by Gasteiger charge is -2.33. The quantitative estimate of drug-likeness (QED) is 0.909. The number of nitrogens with two attached hydrogens (primary N) is 1. The molecule has 2 aliphatic rings. The van der Waals surface area contributed by atoms with Gasteiger partial charge in [0.15, 0.2) is 5.78 Å². The molecule has 124 valence electrons. The number of furan rings is 1. The smallest absolute Gasteiger partial charge is 0.205 e. The van der Waals surface area contributed by atoms with Gasteiger partial charge in [-0.15, -0.1) is 0 Å². The number of rotatable bonds is 2. The molecule has 0 fully saturated rings. The van der Waals surface area contributed by atoms with E-state index >= 15 is 0 Å². The van der Waals surface area contributed by atoms with Crippen LogP contribution in [0.1, 0.15) is 35.8 Å². The van der Waals surface area contributed by atoms with Gasteiger partial charge in [0.2, 0.25) is 5.88 Å². The van der Waals surface area contributed by atoms with E-state index in [4.69, 9.17) is 14.9 Å².